The van der Waals surface area contributed by atoms with Crippen molar-refractivity contribution >= 4 is 17.7 Å². The monoisotopic (exact) mass is 331 g/mol. The summed E-state index contributed by atoms with van der Waals surface area (Å²) in [5.41, 5.74) is 2.05. The summed E-state index contributed by atoms with van der Waals surface area (Å²) < 4.78 is 0. The number of rotatable bonds is 2. The van der Waals surface area contributed by atoms with E-state index in [1.165, 1.54) is 0 Å². The van der Waals surface area contributed by atoms with Crippen molar-refractivity contribution in [1.29, 1.82) is 0 Å². The smallest absolute Gasteiger partial charge is 0.249 e. The summed E-state index contributed by atoms with van der Waals surface area (Å²) in [5.74, 6) is -0.215. The molecule has 6 heteroatoms. The third kappa shape index (κ3) is 2.75. The highest BCUT2D eigenvalue weighted by Gasteiger charge is 2.41. The van der Waals surface area contributed by atoms with Crippen molar-refractivity contribution in [2.75, 3.05) is 11.4 Å². The Bertz CT molecular complexity index is 680. The molecule has 0 saturated carbocycles. The Hall–Kier alpha value is -2.08. The van der Waals surface area contributed by atoms with Gasteiger partial charge in [0.15, 0.2) is 0 Å². The normalized spacial score (nSPS) is 23.5. The standard InChI is InChI=1S/C18H24N2O4/c1-18(2,3)20(17(23)24)14-8-9-19(16(14)22)12-5-6-13-11(10-12)4-7-15(13)21/h5-6,10,14-15,21H,4,7-9H2,1-3H3,(H,23,24)/p-1/t14-,15?/m0/s1. The van der Waals surface area contributed by atoms with Gasteiger partial charge in [0.25, 0.3) is 0 Å². The summed E-state index contributed by atoms with van der Waals surface area (Å²) in [4.78, 5) is 27.1. The molecule has 3 rings (SSSR count). The molecule has 1 aromatic carbocycles. The summed E-state index contributed by atoms with van der Waals surface area (Å²) in [6.07, 6.45) is 0.204. The summed E-state index contributed by atoms with van der Waals surface area (Å²) in [7, 11) is 0. The number of carbonyl (C=O) groups is 2. The van der Waals surface area contributed by atoms with Crippen LogP contribution in [0.3, 0.4) is 0 Å². The van der Waals surface area contributed by atoms with E-state index in [9.17, 15) is 19.8 Å². The lowest BCUT2D eigenvalue weighted by molar-refractivity contribution is -0.272. The Morgan fingerprint density at radius 2 is 2.04 bits per heavy atom. The van der Waals surface area contributed by atoms with E-state index < -0.39 is 23.8 Å². The summed E-state index contributed by atoms with van der Waals surface area (Å²) in [6, 6.07) is 4.91. The first kappa shape index (κ1) is 16.8. The van der Waals surface area contributed by atoms with E-state index in [-0.39, 0.29) is 5.91 Å². The Kier molecular flexibility index (Phi) is 4.03. The van der Waals surface area contributed by atoms with Crippen LogP contribution in [0.1, 0.15) is 50.8 Å². The van der Waals surface area contributed by atoms with E-state index in [1.807, 2.05) is 18.2 Å². The number of hydrogen-bond acceptors (Lipinski definition) is 4. The van der Waals surface area contributed by atoms with Gasteiger partial charge < -0.3 is 24.8 Å². The van der Waals surface area contributed by atoms with Gasteiger partial charge in [-0.05, 0) is 63.3 Å². The van der Waals surface area contributed by atoms with Gasteiger partial charge in [0, 0.05) is 17.8 Å². The van der Waals surface area contributed by atoms with Crippen LogP contribution in [0.5, 0.6) is 0 Å². The molecule has 1 N–H and O–H groups in total. The van der Waals surface area contributed by atoms with E-state index in [0.29, 0.717) is 19.4 Å². The molecule has 1 heterocycles. The molecule has 0 spiro atoms. The number of carboxylic acid groups (broad SMARTS) is 1. The second kappa shape index (κ2) is 5.77. The van der Waals surface area contributed by atoms with Crippen LogP contribution in [-0.2, 0) is 11.2 Å². The van der Waals surface area contributed by atoms with Crippen molar-refractivity contribution in [3.05, 3.63) is 29.3 Å². The number of nitrogens with zero attached hydrogens (tertiary/aromatic N) is 2. The highest BCUT2D eigenvalue weighted by atomic mass is 16.4. The number of carbonyl (C=O) groups excluding carboxylic acids is 2. The van der Waals surface area contributed by atoms with Gasteiger partial charge in [-0.25, -0.2) is 0 Å². The molecule has 1 fully saturated rings. The molecule has 6 nitrogen and oxygen atoms in total. The molecule has 0 aromatic heterocycles. The zero-order valence-electron chi connectivity index (χ0n) is 14.3. The third-order valence-electron chi connectivity index (χ3n) is 4.89. The van der Waals surface area contributed by atoms with Gasteiger partial charge in [0.05, 0.1) is 6.10 Å². The van der Waals surface area contributed by atoms with Crippen molar-refractivity contribution in [2.45, 2.75) is 57.7 Å². The van der Waals surface area contributed by atoms with E-state index in [2.05, 4.69) is 0 Å². The minimum absolute atomic E-state index is 0.215. The van der Waals surface area contributed by atoms with Crippen LogP contribution in [0.2, 0.25) is 0 Å². The fourth-order valence-electron chi connectivity index (χ4n) is 3.78. The van der Waals surface area contributed by atoms with Crippen LogP contribution in [0.15, 0.2) is 18.2 Å². The Morgan fingerprint density at radius 3 is 2.67 bits per heavy atom. The predicted octanol–water partition coefficient (Wildman–Crippen LogP) is 1.22. The van der Waals surface area contributed by atoms with Gasteiger partial charge in [-0.2, -0.15) is 0 Å². The number of aliphatic hydroxyl groups is 1. The first-order chi connectivity index (χ1) is 11.2. The lowest BCUT2D eigenvalue weighted by atomic mass is 10.0. The van der Waals surface area contributed by atoms with Gasteiger partial charge in [0.1, 0.15) is 12.1 Å². The lowest BCUT2D eigenvalue weighted by Gasteiger charge is -2.41. The van der Waals surface area contributed by atoms with E-state index >= 15 is 0 Å². The molecule has 0 radical (unpaired) electrons. The molecule has 2 atom stereocenters. The van der Waals surface area contributed by atoms with Crippen molar-refractivity contribution in [2.24, 2.45) is 0 Å². The van der Waals surface area contributed by atoms with Gasteiger partial charge in [0.2, 0.25) is 5.91 Å². The molecule has 130 valence electrons. The molecule has 2 aliphatic rings. The minimum Gasteiger partial charge on any atom is -0.530 e. The third-order valence-corrected chi connectivity index (χ3v) is 4.89. The molecule has 1 aromatic rings. The highest BCUT2D eigenvalue weighted by molar-refractivity contribution is 6.00. The molecular weight excluding hydrogens is 308 g/mol. The predicted molar refractivity (Wildman–Crippen MR) is 87.5 cm³/mol. The summed E-state index contributed by atoms with van der Waals surface area (Å²) in [6.45, 7) is 5.76. The van der Waals surface area contributed by atoms with Crippen molar-refractivity contribution in [3.8, 4) is 0 Å². The van der Waals surface area contributed by atoms with Crippen LogP contribution < -0.4 is 10.0 Å². The van der Waals surface area contributed by atoms with Crippen LogP contribution in [0.4, 0.5) is 10.5 Å². The van der Waals surface area contributed by atoms with Gasteiger partial charge in [-0.1, -0.05) is 6.07 Å². The van der Waals surface area contributed by atoms with Crippen LogP contribution >= 0.6 is 0 Å². The second-order valence-electron chi connectivity index (χ2n) is 7.54. The van der Waals surface area contributed by atoms with Crippen LogP contribution in [0, 0.1) is 0 Å². The number of hydrogen-bond donors (Lipinski definition) is 1. The van der Waals surface area contributed by atoms with Gasteiger partial charge >= 0.3 is 0 Å². The maximum atomic E-state index is 12.8. The van der Waals surface area contributed by atoms with E-state index in [4.69, 9.17) is 0 Å². The first-order valence-electron chi connectivity index (χ1n) is 8.32. The van der Waals surface area contributed by atoms with E-state index in [1.54, 1.807) is 25.7 Å². The Balaban J connectivity index is 1.85. The molecule has 1 saturated heterocycles. The molecule has 0 bridgehead atoms. The number of fused-ring (bicyclic) bond motifs is 1. The molecule has 24 heavy (non-hydrogen) atoms. The zero-order valence-corrected chi connectivity index (χ0v) is 14.3. The van der Waals surface area contributed by atoms with Gasteiger partial charge in [-0.3, -0.25) is 4.79 Å². The number of anilines is 1. The minimum atomic E-state index is -1.32. The average molecular weight is 331 g/mol. The molecule has 1 unspecified atom stereocenters. The number of benzene rings is 1. The van der Waals surface area contributed by atoms with Crippen LogP contribution in [0.25, 0.3) is 0 Å². The van der Waals surface area contributed by atoms with Crippen molar-refractivity contribution < 1.29 is 19.8 Å². The molecular formula is C18H23N2O4-. The number of aryl methyl sites for hydroxylation is 1. The SMILES string of the molecule is CC(C)(C)N(C(=O)[O-])[C@H]1CCN(c2ccc3c(c2)CCC3O)C1=O. The highest BCUT2D eigenvalue weighted by Crippen LogP contribution is 2.35. The number of aliphatic hydroxyl groups excluding tert-OH is 1. The Morgan fingerprint density at radius 1 is 1.33 bits per heavy atom. The largest absolute Gasteiger partial charge is 0.530 e. The Labute approximate surface area is 141 Å². The maximum absolute atomic E-state index is 12.8. The molecule has 2 amide bonds. The lowest BCUT2D eigenvalue weighted by Crippen LogP contribution is -2.58. The molecule has 1 aliphatic heterocycles. The molecule has 1 aliphatic carbocycles. The van der Waals surface area contributed by atoms with Crippen molar-refractivity contribution in [1.82, 2.24) is 4.90 Å². The summed E-state index contributed by atoms with van der Waals surface area (Å²) >= 11 is 0. The fraction of sp³-hybridized carbons (Fsp3) is 0.556. The zero-order chi connectivity index (χ0) is 17.6. The van der Waals surface area contributed by atoms with E-state index in [0.717, 1.165) is 28.1 Å². The second-order valence-corrected chi connectivity index (χ2v) is 7.54. The fourth-order valence-corrected chi connectivity index (χ4v) is 3.78. The maximum Gasteiger partial charge on any atom is 0.249 e. The number of amides is 2. The average Bonchev–Trinajstić information content (AvgIpc) is 3.02. The van der Waals surface area contributed by atoms with Gasteiger partial charge in [-0.15, -0.1) is 0 Å². The quantitative estimate of drug-likeness (QED) is 0.883. The van der Waals surface area contributed by atoms with Crippen molar-refractivity contribution in [3.63, 3.8) is 0 Å². The summed E-state index contributed by atoms with van der Waals surface area (Å²) in [5, 5.41) is 21.4. The topological polar surface area (TPSA) is 83.9 Å². The van der Waals surface area contributed by atoms with Crippen LogP contribution in [-0.4, -0.2) is 40.1 Å². The first-order valence-corrected chi connectivity index (χ1v) is 8.32.